The fourth-order valence-electron chi connectivity index (χ4n) is 4.58. The van der Waals surface area contributed by atoms with Crippen molar-refractivity contribution in [2.45, 2.75) is 13.0 Å². The van der Waals surface area contributed by atoms with Gasteiger partial charge in [0.05, 0.1) is 21.6 Å². The Kier molecular flexibility index (Phi) is 8.00. The van der Waals surface area contributed by atoms with Gasteiger partial charge in [-0.25, -0.2) is 0 Å². The number of hydrogen-bond acceptors (Lipinski definition) is 6. The van der Waals surface area contributed by atoms with Gasteiger partial charge in [0.15, 0.2) is 5.82 Å². The number of benzene rings is 2. The Morgan fingerprint density at radius 3 is 2.32 bits per heavy atom. The van der Waals surface area contributed by atoms with Crippen LogP contribution in [-0.2, 0) is 4.79 Å². The number of thiophene rings is 1. The van der Waals surface area contributed by atoms with Gasteiger partial charge in [-0.3, -0.25) is 9.59 Å². The minimum atomic E-state index is -0.233. The van der Waals surface area contributed by atoms with Crippen molar-refractivity contribution in [2.75, 3.05) is 37.6 Å². The molecule has 0 bridgehead atoms. The summed E-state index contributed by atoms with van der Waals surface area (Å²) in [4.78, 5) is 33.0. The molecule has 0 unspecified atom stereocenters. The van der Waals surface area contributed by atoms with Crippen molar-refractivity contribution < 1.29 is 9.59 Å². The molecular formula is C29H28ClN5O2S. The van der Waals surface area contributed by atoms with Gasteiger partial charge in [0.1, 0.15) is 6.54 Å². The van der Waals surface area contributed by atoms with E-state index in [2.05, 4.69) is 15.1 Å². The Morgan fingerprint density at radius 1 is 0.921 bits per heavy atom. The number of rotatable bonds is 7. The van der Waals surface area contributed by atoms with Crippen LogP contribution >= 0.6 is 22.9 Å². The van der Waals surface area contributed by atoms with Crippen LogP contribution < -0.4 is 4.90 Å². The molecule has 38 heavy (non-hydrogen) atoms. The molecule has 2 aromatic heterocycles. The van der Waals surface area contributed by atoms with Crippen LogP contribution in [0, 0.1) is 0 Å². The number of aromatic nitrogens is 2. The molecule has 9 heteroatoms. The van der Waals surface area contributed by atoms with Crippen molar-refractivity contribution in [3.63, 3.8) is 0 Å². The summed E-state index contributed by atoms with van der Waals surface area (Å²) < 4.78 is 0. The Bertz CT molecular complexity index is 1370. The molecule has 4 aromatic rings. The van der Waals surface area contributed by atoms with Crippen molar-refractivity contribution in [1.29, 1.82) is 0 Å². The Balaban J connectivity index is 1.23. The van der Waals surface area contributed by atoms with Crippen molar-refractivity contribution in [2.24, 2.45) is 0 Å². The first-order chi connectivity index (χ1) is 18.5. The van der Waals surface area contributed by atoms with Crippen LogP contribution in [0.25, 0.3) is 11.3 Å². The molecule has 2 amide bonds. The SMILES string of the molecule is C[C@H](c1ccccc1)N(CC(=O)N1CCN(c2ccc(-c3ccccc3Cl)nn2)CC1)C(=O)c1cccs1. The van der Waals surface area contributed by atoms with Gasteiger partial charge in [0, 0.05) is 31.7 Å². The van der Waals surface area contributed by atoms with E-state index >= 15 is 0 Å². The summed E-state index contributed by atoms with van der Waals surface area (Å²) >= 11 is 7.68. The third-order valence-electron chi connectivity index (χ3n) is 6.80. The fourth-order valence-corrected chi connectivity index (χ4v) is 5.49. The number of carbonyl (C=O) groups excluding carboxylic acids is 2. The third kappa shape index (κ3) is 5.71. The largest absolute Gasteiger partial charge is 0.352 e. The van der Waals surface area contributed by atoms with Gasteiger partial charge in [-0.15, -0.1) is 21.5 Å². The minimum Gasteiger partial charge on any atom is -0.352 e. The number of piperazine rings is 1. The van der Waals surface area contributed by atoms with E-state index in [-0.39, 0.29) is 24.4 Å². The highest BCUT2D eigenvalue weighted by molar-refractivity contribution is 7.12. The molecule has 0 N–H and O–H groups in total. The van der Waals surface area contributed by atoms with E-state index in [0.29, 0.717) is 36.1 Å². The lowest BCUT2D eigenvalue weighted by Gasteiger charge is -2.37. The van der Waals surface area contributed by atoms with Crippen LogP contribution in [0.3, 0.4) is 0 Å². The lowest BCUT2D eigenvalue weighted by atomic mass is 10.1. The second-order valence-electron chi connectivity index (χ2n) is 9.12. The Morgan fingerprint density at radius 2 is 1.66 bits per heavy atom. The average Bonchev–Trinajstić information content (AvgIpc) is 3.51. The highest BCUT2D eigenvalue weighted by Crippen LogP contribution is 2.27. The fraction of sp³-hybridized carbons (Fsp3) is 0.241. The van der Waals surface area contributed by atoms with Crippen molar-refractivity contribution in [3.8, 4) is 11.3 Å². The maximum absolute atomic E-state index is 13.4. The summed E-state index contributed by atoms with van der Waals surface area (Å²) in [5.74, 6) is 0.579. The van der Waals surface area contributed by atoms with Crippen LogP contribution in [-0.4, -0.2) is 64.5 Å². The third-order valence-corrected chi connectivity index (χ3v) is 7.99. The molecule has 0 spiro atoms. The maximum atomic E-state index is 13.4. The summed E-state index contributed by atoms with van der Waals surface area (Å²) in [5, 5.41) is 11.3. The summed E-state index contributed by atoms with van der Waals surface area (Å²) in [7, 11) is 0. The molecule has 1 saturated heterocycles. The quantitative estimate of drug-likeness (QED) is 0.310. The van der Waals surface area contributed by atoms with E-state index in [1.165, 1.54) is 11.3 Å². The summed E-state index contributed by atoms with van der Waals surface area (Å²) in [6, 6.07) is 24.6. The number of nitrogens with zero attached hydrogens (tertiary/aromatic N) is 5. The molecule has 1 fully saturated rings. The zero-order chi connectivity index (χ0) is 26.5. The molecule has 1 aliphatic rings. The maximum Gasteiger partial charge on any atom is 0.264 e. The molecule has 5 rings (SSSR count). The topological polar surface area (TPSA) is 69.6 Å². The van der Waals surface area contributed by atoms with Gasteiger partial charge in [0.25, 0.3) is 5.91 Å². The second kappa shape index (κ2) is 11.8. The number of hydrogen-bond donors (Lipinski definition) is 0. The van der Waals surface area contributed by atoms with Crippen LogP contribution in [0.1, 0.15) is 28.2 Å². The zero-order valence-corrected chi connectivity index (χ0v) is 22.6. The molecule has 7 nitrogen and oxygen atoms in total. The molecule has 1 aliphatic heterocycles. The van der Waals surface area contributed by atoms with Crippen LogP contribution in [0.2, 0.25) is 5.02 Å². The smallest absolute Gasteiger partial charge is 0.264 e. The highest BCUT2D eigenvalue weighted by Gasteiger charge is 2.29. The predicted molar refractivity (Wildman–Crippen MR) is 151 cm³/mol. The first-order valence-corrected chi connectivity index (χ1v) is 13.8. The molecule has 3 heterocycles. The molecule has 0 radical (unpaired) electrons. The van der Waals surface area contributed by atoms with Gasteiger partial charge in [-0.05, 0) is 42.1 Å². The summed E-state index contributed by atoms with van der Waals surface area (Å²) in [5.41, 5.74) is 2.56. The second-order valence-corrected chi connectivity index (χ2v) is 10.5. The van der Waals surface area contributed by atoms with Crippen molar-refractivity contribution in [3.05, 3.63) is 99.7 Å². The first-order valence-electron chi connectivity index (χ1n) is 12.5. The van der Waals surface area contributed by atoms with E-state index in [4.69, 9.17) is 11.6 Å². The number of halogens is 1. The minimum absolute atomic E-state index is 0.0269. The Labute approximate surface area is 231 Å². The van der Waals surface area contributed by atoms with Gasteiger partial charge in [-0.2, -0.15) is 0 Å². The van der Waals surface area contributed by atoms with Gasteiger partial charge >= 0.3 is 0 Å². The summed E-state index contributed by atoms with van der Waals surface area (Å²) in [6.45, 7) is 4.37. The zero-order valence-electron chi connectivity index (χ0n) is 21.0. The number of amides is 2. The molecule has 0 saturated carbocycles. The van der Waals surface area contributed by atoms with Crippen LogP contribution in [0.5, 0.6) is 0 Å². The standard InChI is InChI=1S/C29H28ClN5O2S/c1-21(22-8-3-2-4-9-22)35(29(37)26-12-7-19-38-26)20-28(36)34-17-15-33(16-18-34)27-14-13-25(31-32-27)23-10-5-6-11-24(23)30/h2-14,19,21H,15-18,20H2,1H3/t21-/m1/s1. The number of carbonyl (C=O) groups is 2. The van der Waals surface area contributed by atoms with E-state index in [0.717, 1.165) is 22.6 Å². The molecular weight excluding hydrogens is 518 g/mol. The Hall–Kier alpha value is -3.75. The predicted octanol–water partition coefficient (Wildman–Crippen LogP) is 5.41. The molecule has 194 valence electrons. The highest BCUT2D eigenvalue weighted by atomic mass is 35.5. The van der Waals surface area contributed by atoms with E-state index in [1.54, 1.807) is 11.0 Å². The lowest BCUT2D eigenvalue weighted by Crippen LogP contribution is -2.52. The monoisotopic (exact) mass is 545 g/mol. The van der Waals surface area contributed by atoms with Crippen LogP contribution in [0.4, 0.5) is 5.82 Å². The number of anilines is 1. The molecule has 0 aliphatic carbocycles. The van der Waals surface area contributed by atoms with Gasteiger partial charge in [-0.1, -0.05) is 66.2 Å². The summed E-state index contributed by atoms with van der Waals surface area (Å²) in [6.07, 6.45) is 0. The molecule has 1 atom stereocenters. The van der Waals surface area contributed by atoms with E-state index in [1.807, 2.05) is 90.0 Å². The van der Waals surface area contributed by atoms with E-state index < -0.39 is 0 Å². The van der Waals surface area contributed by atoms with Crippen molar-refractivity contribution >= 4 is 40.6 Å². The van der Waals surface area contributed by atoms with Crippen molar-refractivity contribution in [1.82, 2.24) is 20.0 Å². The van der Waals surface area contributed by atoms with E-state index in [9.17, 15) is 9.59 Å². The van der Waals surface area contributed by atoms with Crippen LogP contribution in [0.15, 0.2) is 84.2 Å². The lowest BCUT2D eigenvalue weighted by molar-refractivity contribution is -0.132. The first kappa shape index (κ1) is 25.9. The average molecular weight is 546 g/mol. The van der Waals surface area contributed by atoms with Gasteiger partial charge in [0.2, 0.25) is 5.91 Å². The normalized spacial score (nSPS) is 14.3. The molecule has 2 aromatic carbocycles. The van der Waals surface area contributed by atoms with Gasteiger partial charge < -0.3 is 14.7 Å².